The molecule has 0 fully saturated rings. The Balaban J connectivity index is 0.00000264. The topological polar surface area (TPSA) is 75.3 Å². The molecule has 0 aliphatic heterocycles. The lowest BCUT2D eigenvalue weighted by Gasteiger charge is -2.10. The molecule has 1 aromatic carbocycles. The molecule has 0 amide bonds. The van der Waals surface area contributed by atoms with E-state index in [1.807, 2.05) is 6.92 Å². The third-order valence-corrected chi connectivity index (χ3v) is 2.91. The third-order valence-electron chi connectivity index (χ3n) is 2.91. The van der Waals surface area contributed by atoms with Crippen LogP contribution < -0.4 is 10.6 Å². The third kappa shape index (κ3) is 6.51. The van der Waals surface area contributed by atoms with E-state index >= 15 is 0 Å². The predicted octanol–water partition coefficient (Wildman–Crippen LogP) is 2.43. The summed E-state index contributed by atoms with van der Waals surface area (Å²) in [6.45, 7) is 5.36. The van der Waals surface area contributed by atoms with Gasteiger partial charge in [-0.2, -0.15) is 4.98 Å². The minimum atomic E-state index is -0.247. The first kappa shape index (κ1) is 19.3. The Morgan fingerprint density at radius 2 is 2.09 bits per heavy atom. The minimum absolute atomic E-state index is 0. The summed E-state index contributed by atoms with van der Waals surface area (Å²) in [7, 11) is 0. The summed E-state index contributed by atoms with van der Waals surface area (Å²) in [5.41, 5.74) is 0.562. The zero-order valence-electron chi connectivity index (χ0n) is 13.2. The SMILES string of the molecule is CCNC(=NCc1ccccc1F)NCCc1nc(C)no1.I. The molecular weight excluding hydrogens is 412 g/mol. The number of halogens is 2. The summed E-state index contributed by atoms with van der Waals surface area (Å²) in [6.07, 6.45) is 0.602. The first-order valence-corrected chi connectivity index (χ1v) is 7.24. The first-order chi connectivity index (χ1) is 10.7. The van der Waals surface area contributed by atoms with Crippen molar-refractivity contribution in [3.05, 3.63) is 47.4 Å². The van der Waals surface area contributed by atoms with Crippen LogP contribution in [0.2, 0.25) is 0 Å². The zero-order valence-corrected chi connectivity index (χ0v) is 15.5. The summed E-state index contributed by atoms with van der Waals surface area (Å²) >= 11 is 0. The molecule has 2 N–H and O–H groups in total. The summed E-state index contributed by atoms with van der Waals surface area (Å²) in [4.78, 5) is 8.50. The van der Waals surface area contributed by atoms with Crippen LogP contribution in [0, 0.1) is 12.7 Å². The van der Waals surface area contributed by atoms with Crippen molar-refractivity contribution in [3.63, 3.8) is 0 Å². The van der Waals surface area contributed by atoms with Crippen molar-refractivity contribution in [3.8, 4) is 0 Å². The van der Waals surface area contributed by atoms with E-state index in [1.165, 1.54) is 6.07 Å². The molecule has 6 nitrogen and oxygen atoms in total. The van der Waals surface area contributed by atoms with Gasteiger partial charge in [-0.05, 0) is 19.9 Å². The number of hydrogen-bond acceptors (Lipinski definition) is 4. The lowest BCUT2D eigenvalue weighted by molar-refractivity contribution is 0.374. The van der Waals surface area contributed by atoms with E-state index in [-0.39, 0.29) is 36.3 Å². The molecule has 0 saturated heterocycles. The summed E-state index contributed by atoms with van der Waals surface area (Å²) in [5.74, 6) is 1.58. The fourth-order valence-corrected chi connectivity index (χ4v) is 1.86. The lowest BCUT2D eigenvalue weighted by atomic mass is 10.2. The number of nitrogens with one attached hydrogen (secondary N) is 2. The molecule has 0 saturated carbocycles. The van der Waals surface area contributed by atoms with Crippen LogP contribution in [0.5, 0.6) is 0 Å². The van der Waals surface area contributed by atoms with Gasteiger partial charge in [0.15, 0.2) is 11.8 Å². The number of nitrogens with zero attached hydrogens (tertiary/aromatic N) is 3. The van der Waals surface area contributed by atoms with Gasteiger partial charge in [-0.3, -0.25) is 0 Å². The van der Waals surface area contributed by atoms with Gasteiger partial charge in [0.25, 0.3) is 0 Å². The van der Waals surface area contributed by atoms with E-state index in [0.29, 0.717) is 36.2 Å². The molecule has 2 rings (SSSR count). The first-order valence-electron chi connectivity index (χ1n) is 7.24. The van der Waals surface area contributed by atoms with Crippen molar-refractivity contribution in [1.82, 2.24) is 20.8 Å². The molecule has 1 heterocycles. The van der Waals surface area contributed by atoms with Crippen molar-refractivity contribution in [1.29, 1.82) is 0 Å². The van der Waals surface area contributed by atoms with Crippen LogP contribution in [0.1, 0.15) is 24.2 Å². The Hall–Kier alpha value is -1.71. The van der Waals surface area contributed by atoms with Crippen molar-refractivity contribution >= 4 is 29.9 Å². The molecule has 8 heteroatoms. The van der Waals surface area contributed by atoms with E-state index < -0.39 is 0 Å². The van der Waals surface area contributed by atoms with E-state index in [2.05, 4.69) is 25.8 Å². The number of aryl methyl sites for hydroxylation is 1. The zero-order chi connectivity index (χ0) is 15.8. The number of aliphatic imine (C=N–C) groups is 1. The number of hydrogen-bond donors (Lipinski definition) is 2. The molecule has 0 aliphatic carbocycles. The highest BCUT2D eigenvalue weighted by Crippen LogP contribution is 2.07. The van der Waals surface area contributed by atoms with Crippen LogP contribution in [-0.2, 0) is 13.0 Å². The molecule has 0 aliphatic rings. The van der Waals surface area contributed by atoms with Gasteiger partial charge in [0, 0.05) is 25.1 Å². The van der Waals surface area contributed by atoms with E-state index in [0.717, 1.165) is 6.54 Å². The number of aromatic nitrogens is 2. The standard InChI is InChI=1S/C15H20FN5O.HI/c1-3-17-15(18-9-8-14-20-11(2)21-22-14)19-10-12-6-4-5-7-13(12)16;/h4-7H,3,8-10H2,1-2H3,(H2,17,18,19);1H. The van der Waals surface area contributed by atoms with Crippen molar-refractivity contribution in [2.75, 3.05) is 13.1 Å². The number of guanidine groups is 1. The van der Waals surface area contributed by atoms with Gasteiger partial charge in [0.05, 0.1) is 6.54 Å². The van der Waals surface area contributed by atoms with Crippen molar-refractivity contribution < 1.29 is 8.91 Å². The highest BCUT2D eigenvalue weighted by molar-refractivity contribution is 14.0. The molecule has 1 aromatic heterocycles. The van der Waals surface area contributed by atoms with Crippen LogP contribution in [0.4, 0.5) is 4.39 Å². The second-order valence-electron chi connectivity index (χ2n) is 4.70. The van der Waals surface area contributed by atoms with Gasteiger partial charge in [0.1, 0.15) is 5.82 Å². The van der Waals surface area contributed by atoms with Crippen molar-refractivity contribution in [2.24, 2.45) is 4.99 Å². The minimum Gasteiger partial charge on any atom is -0.357 e. The van der Waals surface area contributed by atoms with Crippen molar-refractivity contribution in [2.45, 2.75) is 26.8 Å². The van der Waals surface area contributed by atoms with Gasteiger partial charge < -0.3 is 15.2 Å². The van der Waals surface area contributed by atoms with E-state index in [9.17, 15) is 4.39 Å². The summed E-state index contributed by atoms with van der Waals surface area (Å²) in [6, 6.07) is 6.62. The van der Waals surface area contributed by atoms with Crippen LogP contribution in [0.15, 0.2) is 33.8 Å². The Morgan fingerprint density at radius 1 is 1.30 bits per heavy atom. The fraction of sp³-hybridized carbons (Fsp3) is 0.400. The maximum atomic E-state index is 13.6. The Bertz CT molecular complexity index is 632. The van der Waals surface area contributed by atoms with Gasteiger partial charge in [0.2, 0.25) is 5.89 Å². The van der Waals surface area contributed by atoms with Gasteiger partial charge in [-0.15, -0.1) is 24.0 Å². The normalized spacial score (nSPS) is 11.0. The molecule has 0 spiro atoms. The molecule has 0 radical (unpaired) electrons. The Kier molecular flexibility index (Phi) is 8.52. The molecule has 0 unspecified atom stereocenters. The lowest BCUT2D eigenvalue weighted by Crippen LogP contribution is -2.38. The maximum absolute atomic E-state index is 13.6. The van der Waals surface area contributed by atoms with Gasteiger partial charge in [-0.1, -0.05) is 23.4 Å². The molecule has 23 heavy (non-hydrogen) atoms. The largest absolute Gasteiger partial charge is 0.357 e. The van der Waals surface area contributed by atoms with Gasteiger partial charge >= 0.3 is 0 Å². The highest BCUT2D eigenvalue weighted by atomic mass is 127. The Morgan fingerprint density at radius 3 is 2.74 bits per heavy atom. The molecular formula is C15H21FIN5O. The Labute approximate surface area is 152 Å². The molecule has 2 aromatic rings. The average Bonchev–Trinajstić information content (AvgIpc) is 2.92. The van der Waals surface area contributed by atoms with Crippen LogP contribution >= 0.6 is 24.0 Å². The molecule has 0 bridgehead atoms. The van der Waals surface area contributed by atoms with E-state index in [4.69, 9.17) is 4.52 Å². The molecule has 126 valence electrons. The number of benzene rings is 1. The van der Waals surface area contributed by atoms with Gasteiger partial charge in [-0.25, -0.2) is 9.38 Å². The monoisotopic (exact) mass is 433 g/mol. The van der Waals surface area contributed by atoms with E-state index in [1.54, 1.807) is 25.1 Å². The second kappa shape index (κ2) is 10.1. The maximum Gasteiger partial charge on any atom is 0.228 e. The number of rotatable bonds is 6. The predicted molar refractivity (Wildman–Crippen MR) is 97.4 cm³/mol. The summed E-state index contributed by atoms with van der Waals surface area (Å²) < 4.78 is 18.6. The quantitative estimate of drug-likeness (QED) is 0.416. The second-order valence-corrected chi connectivity index (χ2v) is 4.70. The fourth-order valence-electron chi connectivity index (χ4n) is 1.86. The average molecular weight is 433 g/mol. The molecule has 0 atom stereocenters. The van der Waals surface area contributed by atoms with Crippen LogP contribution in [0.25, 0.3) is 0 Å². The smallest absolute Gasteiger partial charge is 0.228 e. The van der Waals surface area contributed by atoms with Crippen LogP contribution in [0.3, 0.4) is 0 Å². The summed E-state index contributed by atoms with van der Waals surface area (Å²) in [5, 5.41) is 10.0. The van der Waals surface area contributed by atoms with Crippen LogP contribution in [-0.4, -0.2) is 29.2 Å². The highest BCUT2D eigenvalue weighted by Gasteiger charge is 2.04.